The van der Waals surface area contributed by atoms with Gasteiger partial charge in [-0.25, -0.2) is 0 Å². The summed E-state index contributed by atoms with van der Waals surface area (Å²) in [6, 6.07) is 0. The van der Waals surface area contributed by atoms with E-state index in [2.05, 4.69) is 0 Å². The third-order valence-corrected chi connectivity index (χ3v) is 0. The molecule has 16 heteroatoms. The van der Waals surface area contributed by atoms with Crippen LogP contribution < -0.4 is 0 Å². The topological polar surface area (TPSA) is 212 Å². The molecule has 0 aromatic carbocycles. The molecule has 0 saturated heterocycles. The molecule has 0 fully saturated rings. The molecule has 0 spiro atoms. The first-order valence-electron chi connectivity index (χ1n) is 1.40. The van der Waals surface area contributed by atoms with E-state index in [1.54, 1.807) is 0 Å². The Hall–Kier alpha value is 3.22. The molecule has 0 atom stereocenters. The molecule has 8 N–H and O–H groups in total. The Balaban J connectivity index is -0.00000000427. The third kappa shape index (κ3) is 437. The first-order chi connectivity index (χ1) is 4.00. The van der Waals surface area contributed by atoms with E-state index in [0.29, 0.717) is 0 Å². The molecule has 0 aliphatic carbocycles. The van der Waals surface area contributed by atoms with E-state index in [4.69, 9.17) is 35.0 Å². The second kappa shape index (κ2) is 23.3. The Morgan fingerprint density at radius 2 is 0.625 bits per heavy atom. The van der Waals surface area contributed by atoms with Crippen LogP contribution in [0.15, 0.2) is 0 Å². The van der Waals surface area contributed by atoms with E-state index in [1.807, 2.05) is 0 Å². The van der Waals surface area contributed by atoms with Gasteiger partial charge in [-0.15, -0.1) is 0 Å². The second-order valence-electron chi connectivity index (χ2n) is 0.896. The van der Waals surface area contributed by atoms with E-state index in [-0.39, 0.29) is 126 Å². The summed E-state index contributed by atoms with van der Waals surface area (Å²) in [5.41, 5.74) is 0. The molecular formula is H12Ca2Cu2O10S2. The van der Waals surface area contributed by atoms with Gasteiger partial charge in [0.05, 0.1) is 0 Å². The van der Waals surface area contributed by atoms with Crippen molar-refractivity contribution in [3.8, 4) is 0 Å². The number of hydrogen-bond acceptors (Lipinski definition) is 4. The number of hydrogen-bond donors (Lipinski definition) is 4. The van der Waals surface area contributed by atoms with Crippen LogP contribution in [0.4, 0.5) is 0 Å². The van der Waals surface area contributed by atoms with E-state index in [0.717, 1.165) is 0 Å². The molecule has 110 valence electrons. The van der Waals surface area contributed by atoms with Crippen LogP contribution in [-0.2, 0) is 54.9 Å². The minimum absolute atomic E-state index is 0. The second-order valence-corrected chi connectivity index (χ2v) is 2.69. The van der Waals surface area contributed by atoms with Gasteiger partial charge in [0.25, 0.3) is 0 Å². The smallest absolute Gasteiger partial charge is 1.00 e. The van der Waals surface area contributed by atoms with Gasteiger partial charge < -0.3 is 16.7 Å². The maximum absolute atomic E-state index is 8.74. The fraction of sp³-hybridized carbons (Fsp3) is 0. The van der Waals surface area contributed by atoms with Crippen LogP contribution in [0, 0.1) is 0 Å². The van der Waals surface area contributed by atoms with Crippen molar-refractivity contribution >= 4 is 96.3 Å². The van der Waals surface area contributed by atoms with Crippen molar-refractivity contribution in [2.75, 3.05) is 0 Å². The Bertz CT molecular complexity index is 236. The largest absolute Gasteiger partial charge is 2.00 e. The molecule has 0 saturated carbocycles. The zero-order chi connectivity index (χ0) is 9.00. The maximum atomic E-state index is 8.74. The van der Waals surface area contributed by atoms with E-state index in [1.165, 1.54) is 0 Å². The predicted octanol–water partition coefficient (Wildman–Crippen LogP) is -3.27. The molecule has 0 amide bonds. The van der Waals surface area contributed by atoms with Gasteiger partial charge in [0, 0.05) is 34.1 Å². The van der Waals surface area contributed by atoms with Crippen molar-refractivity contribution < 1.29 is 85.8 Å². The molecule has 0 aliphatic rings. The van der Waals surface area contributed by atoms with Gasteiger partial charge in [-0.05, 0) is 0 Å². The van der Waals surface area contributed by atoms with Crippen molar-refractivity contribution in [3.05, 3.63) is 0 Å². The Kier molecular flexibility index (Phi) is 73.9. The van der Waals surface area contributed by atoms with Gasteiger partial charge in [0.2, 0.25) is 0 Å². The predicted molar refractivity (Wildman–Crippen MR) is 51.5 cm³/mol. The van der Waals surface area contributed by atoms with Crippen LogP contribution in [-0.4, -0.2) is 121 Å². The molecule has 10 nitrogen and oxygen atoms in total. The van der Waals surface area contributed by atoms with Gasteiger partial charge in [-0.1, -0.05) is 0 Å². The molecule has 0 aromatic rings. The van der Waals surface area contributed by atoms with E-state index in [9.17, 15) is 0 Å². The Labute approximate surface area is 179 Å². The van der Waals surface area contributed by atoms with Crippen molar-refractivity contribution in [1.82, 2.24) is 0 Å². The summed E-state index contributed by atoms with van der Waals surface area (Å²) < 4.78 is 63.2. The molecule has 0 aliphatic heterocycles. The van der Waals surface area contributed by atoms with Crippen LogP contribution in [0.2, 0.25) is 0 Å². The molecule has 0 unspecified atom stereocenters. The summed E-state index contributed by atoms with van der Waals surface area (Å²) in [7, 11) is -9.33. The van der Waals surface area contributed by atoms with Crippen LogP contribution in [0.5, 0.6) is 0 Å². The molecule has 0 rings (SSSR count). The molecule has 0 heterocycles. The summed E-state index contributed by atoms with van der Waals surface area (Å²) in [6.45, 7) is 0. The van der Waals surface area contributed by atoms with Gasteiger partial charge >= 0.3 is 96.3 Å². The summed E-state index contributed by atoms with van der Waals surface area (Å²) in [4.78, 5) is 0. The summed E-state index contributed by atoms with van der Waals surface area (Å²) in [6.07, 6.45) is 0. The van der Waals surface area contributed by atoms with Crippen molar-refractivity contribution in [2.45, 2.75) is 0 Å². The summed E-state index contributed by atoms with van der Waals surface area (Å²) >= 11 is 0. The van der Waals surface area contributed by atoms with Crippen LogP contribution in [0.25, 0.3) is 0 Å². The normalized spacial score (nSPS) is 7.25. The zero-order valence-corrected chi connectivity index (χ0v) is 15.2. The Morgan fingerprint density at radius 3 is 0.625 bits per heavy atom. The average molecular weight is 443 g/mol. The van der Waals surface area contributed by atoms with Crippen LogP contribution in [0.1, 0.15) is 5.71 Å². The fourth-order valence-electron chi connectivity index (χ4n) is 0. The molecule has 0 bridgehead atoms. The minimum Gasteiger partial charge on any atom is -1.00 e. The first-order valence-corrected chi connectivity index (χ1v) is 4.19. The van der Waals surface area contributed by atoms with Gasteiger partial charge in [0.15, 0.2) is 0 Å². The van der Waals surface area contributed by atoms with Crippen molar-refractivity contribution in [1.29, 1.82) is 0 Å². The number of rotatable bonds is 0. The Morgan fingerprint density at radius 1 is 0.625 bits per heavy atom. The molecule has 2 radical (unpaired) electrons. The SMILES string of the molecule is O.O.O=S(=O)(O)O.O=S(=O)(O)O.[Ca+2].[Ca+2].[Cu].[Cu].[H-].[H-].[H-].[H-]. The quantitative estimate of drug-likeness (QED) is 0.220. The summed E-state index contributed by atoms with van der Waals surface area (Å²) in [5, 5.41) is 0. The van der Waals surface area contributed by atoms with E-state index < -0.39 is 20.8 Å². The fourth-order valence-corrected chi connectivity index (χ4v) is 0. The monoisotopic (exact) mass is 442 g/mol. The third-order valence-electron chi connectivity index (χ3n) is 0. The zero-order valence-electron chi connectivity index (χ0n) is 11.3. The minimum atomic E-state index is -4.67. The standard InChI is InChI=1S/2Ca.2Cu.2H2O4S.2H2O.4H/c;;;;2*1-5(2,3)4;;;;;;/h;;;;2*(H2,1,2,3,4);2*1H2;;;;/q2*+2;;;;;;;4*-1. The van der Waals surface area contributed by atoms with Crippen molar-refractivity contribution in [3.63, 3.8) is 0 Å². The maximum Gasteiger partial charge on any atom is 2.00 e. The molecular weight excluding hydrogens is 431 g/mol. The van der Waals surface area contributed by atoms with Gasteiger partial charge in [-0.2, -0.15) is 16.8 Å². The van der Waals surface area contributed by atoms with Crippen LogP contribution in [0.3, 0.4) is 0 Å². The molecule has 0 aromatic heterocycles. The molecule has 16 heavy (non-hydrogen) atoms. The van der Waals surface area contributed by atoms with Gasteiger partial charge in [0.1, 0.15) is 0 Å². The summed E-state index contributed by atoms with van der Waals surface area (Å²) in [5.74, 6) is 0. The van der Waals surface area contributed by atoms with Gasteiger partial charge in [-0.3, -0.25) is 18.2 Å². The van der Waals surface area contributed by atoms with Crippen molar-refractivity contribution in [2.24, 2.45) is 0 Å². The van der Waals surface area contributed by atoms with E-state index >= 15 is 0 Å². The first kappa shape index (κ1) is 50.7. The van der Waals surface area contributed by atoms with Crippen LogP contribution >= 0.6 is 0 Å². The average Bonchev–Trinajstić information content (AvgIpc) is 1.12.